The monoisotopic (exact) mass is 368 g/mol. The number of rotatable bonds is 6. The van der Waals surface area contributed by atoms with Gasteiger partial charge in [0.1, 0.15) is 0 Å². The second-order valence-electron chi connectivity index (χ2n) is 7.60. The zero-order valence-electron chi connectivity index (χ0n) is 16.3. The van der Waals surface area contributed by atoms with Crippen LogP contribution in [0.4, 0.5) is 5.69 Å². The van der Waals surface area contributed by atoms with E-state index in [1.807, 2.05) is 36.9 Å². The SMILES string of the molecule is Cc1ccc(N(CCC#N)C(=O)CN2CCN(C(=O)C3CC3)CC2)cc1C. The average Bonchev–Trinajstić information content (AvgIpc) is 3.50. The van der Waals surface area contributed by atoms with Crippen molar-refractivity contribution in [1.82, 2.24) is 9.80 Å². The van der Waals surface area contributed by atoms with Crippen molar-refractivity contribution in [1.29, 1.82) is 5.26 Å². The second kappa shape index (κ2) is 8.53. The van der Waals surface area contributed by atoms with Crippen molar-refractivity contribution in [2.75, 3.05) is 44.2 Å². The molecule has 0 atom stereocenters. The van der Waals surface area contributed by atoms with E-state index in [4.69, 9.17) is 5.26 Å². The lowest BCUT2D eigenvalue weighted by Gasteiger charge is -2.35. The lowest BCUT2D eigenvalue weighted by Crippen LogP contribution is -2.52. The number of nitrogens with zero attached hydrogens (tertiary/aromatic N) is 4. The first kappa shape index (κ1) is 19.4. The predicted octanol–water partition coefficient (Wildman–Crippen LogP) is 2.10. The van der Waals surface area contributed by atoms with Crippen LogP contribution in [0.5, 0.6) is 0 Å². The number of hydrogen-bond acceptors (Lipinski definition) is 4. The van der Waals surface area contributed by atoms with E-state index in [2.05, 4.69) is 11.0 Å². The molecule has 1 saturated carbocycles. The van der Waals surface area contributed by atoms with E-state index in [1.165, 1.54) is 5.56 Å². The number of anilines is 1. The Balaban J connectivity index is 1.60. The van der Waals surface area contributed by atoms with Crippen LogP contribution >= 0.6 is 0 Å². The average molecular weight is 368 g/mol. The summed E-state index contributed by atoms with van der Waals surface area (Å²) in [5.41, 5.74) is 3.17. The first-order valence-electron chi connectivity index (χ1n) is 9.75. The van der Waals surface area contributed by atoms with Crippen molar-refractivity contribution in [3.8, 4) is 6.07 Å². The molecule has 0 N–H and O–H groups in total. The lowest BCUT2D eigenvalue weighted by atomic mass is 10.1. The number of piperazine rings is 1. The molecule has 6 nitrogen and oxygen atoms in total. The van der Waals surface area contributed by atoms with Crippen LogP contribution in [-0.2, 0) is 9.59 Å². The maximum absolute atomic E-state index is 12.9. The molecule has 0 unspecified atom stereocenters. The molecule has 0 spiro atoms. The molecule has 144 valence electrons. The zero-order chi connectivity index (χ0) is 19.4. The largest absolute Gasteiger partial charge is 0.340 e. The number of nitriles is 1. The topological polar surface area (TPSA) is 67.7 Å². The van der Waals surface area contributed by atoms with Crippen LogP contribution in [0.1, 0.15) is 30.4 Å². The minimum atomic E-state index is 0.00970. The molecular formula is C21H28N4O2. The third kappa shape index (κ3) is 4.86. The molecule has 1 saturated heterocycles. The Morgan fingerprint density at radius 1 is 1.15 bits per heavy atom. The molecule has 1 aliphatic carbocycles. The zero-order valence-corrected chi connectivity index (χ0v) is 16.3. The number of amides is 2. The fourth-order valence-electron chi connectivity index (χ4n) is 3.44. The van der Waals surface area contributed by atoms with Crippen LogP contribution in [0.25, 0.3) is 0 Å². The van der Waals surface area contributed by atoms with Gasteiger partial charge in [-0.15, -0.1) is 0 Å². The Morgan fingerprint density at radius 3 is 2.44 bits per heavy atom. The highest BCUT2D eigenvalue weighted by Crippen LogP contribution is 2.31. The van der Waals surface area contributed by atoms with Crippen LogP contribution in [0.15, 0.2) is 18.2 Å². The summed E-state index contributed by atoms with van der Waals surface area (Å²) in [6, 6.07) is 8.11. The molecule has 0 aromatic heterocycles. The van der Waals surface area contributed by atoms with Crippen molar-refractivity contribution in [3.63, 3.8) is 0 Å². The summed E-state index contributed by atoms with van der Waals surface area (Å²) in [5.74, 6) is 0.548. The molecule has 2 fully saturated rings. The van der Waals surface area contributed by atoms with Gasteiger partial charge in [0.15, 0.2) is 0 Å². The number of benzene rings is 1. The normalized spacial score (nSPS) is 17.4. The first-order valence-corrected chi connectivity index (χ1v) is 9.75. The molecule has 1 aromatic rings. The van der Waals surface area contributed by atoms with E-state index in [-0.39, 0.29) is 17.7 Å². The summed E-state index contributed by atoms with van der Waals surface area (Å²) in [5, 5.41) is 8.96. The Hall–Kier alpha value is -2.39. The number of carbonyl (C=O) groups is 2. The quantitative estimate of drug-likeness (QED) is 0.771. The van der Waals surface area contributed by atoms with E-state index >= 15 is 0 Å². The summed E-state index contributed by atoms with van der Waals surface area (Å²) in [6.07, 6.45) is 2.37. The van der Waals surface area contributed by atoms with E-state index in [0.717, 1.165) is 37.2 Å². The van der Waals surface area contributed by atoms with Crippen molar-refractivity contribution in [3.05, 3.63) is 29.3 Å². The van der Waals surface area contributed by atoms with Gasteiger partial charge in [0.2, 0.25) is 11.8 Å². The highest BCUT2D eigenvalue weighted by Gasteiger charge is 2.34. The van der Waals surface area contributed by atoms with E-state index in [1.54, 1.807) is 4.90 Å². The molecule has 0 bridgehead atoms. The highest BCUT2D eigenvalue weighted by molar-refractivity contribution is 5.95. The minimum Gasteiger partial charge on any atom is -0.340 e. The standard InChI is InChI=1S/C21H28N4O2/c1-16-4-7-19(14-17(16)2)25(9-3-8-22)20(26)15-23-10-12-24(13-11-23)21(27)18-5-6-18/h4,7,14,18H,3,5-6,9-13,15H2,1-2H3. The Kier molecular flexibility index (Phi) is 6.12. The summed E-state index contributed by atoms with van der Waals surface area (Å²) in [4.78, 5) is 30.9. The molecule has 1 aromatic carbocycles. The summed E-state index contributed by atoms with van der Waals surface area (Å²) < 4.78 is 0. The lowest BCUT2D eigenvalue weighted by molar-refractivity contribution is -0.134. The predicted molar refractivity (Wildman–Crippen MR) is 104 cm³/mol. The second-order valence-corrected chi connectivity index (χ2v) is 7.60. The van der Waals surface area contributed by atoms with Gasteiger partial charge in [-0.05, 0) is 49.9 Å². The van der Waals surface area contributed by atoms with Crippen LogP contribution in [0, 0.1) is 31.1 Å². The van der Waals surface area contributed by atoms with Gasteiger partial charge in [0.05, 0.1) is 19.0 Å². The van der Waals surface area contributed by atoms with Crippen molar-refractivity contribution >= 4 is 17.5 Å². The van der Waals surface area contributed by atoms with E-state index in [9.17, 15) is 9.59 Å². The molecule has 0 radical (unpaired) electrons. The molecule has 1 aliphatic heterocycles. The van der Waals surface area contributed by atoms with Crippen LogP contribution in [-0.4, -0.2) is 60.9 Å². The van der Waals surface area contributed by atoms with Gasteiger partial charge >= 0.3 is 0 Å². The fourth-order valence-corrected chi connectivity index (χ4v) is 3.44. The Morgan fingerprint density at radius 2 is 1.85 bits per heavy atom. The Labute approximate surface area is 161 Å². The molecule has 6 heteroatoms. The third-order valence-electron chi connectivity index (χ3n) is 5.52. The number of aryl methyl sites for hydroxylation is 2. The fraction of sp³-hybridized carbons (Fsp3) is 0.571. The highest BCUT2D eigenvalue weighted by atomic mass is 16.2. The first-order chi connectivity index (χ1) is 13.0. The molecule has 1 heterocycles. The van der Waals surface area contributed by atoms with Gasteiger partial charge < -0.3 is 9.80 Å². The summed E-state index contributed by atoms with van der Waals surface area (Å²) in [6.45, 7) is 7.65. The van der Waals surface area contributed by atoms with Gasteiger partial charge in [-0.2, -0.15) is 5.26 Å². The smallest absolute Gasteiger partial charge is 0.241 e. The van der Waals surface area contributed by atoms with Gasteiger partial charge in [-0.1, -0.05) is 6.07 Å². The van der Waals surface area contributed by atoms with Crippen LogP contribution in [0.2, 0.25) is 0 Å². The van der Waals surface area contributed by atoms with Crippen molar-refractivity contribution in [2.24, 2.45) is 5.92 Å². The summed E-state index contributed by atoms with van der Waals surface area (Å²) >= 11 is 0. The van der Waals surface area contributed by atoms with E-state index < -0.39 is 0 Å². The third-order valence-corrected chi connectivity index (χ3v) is 5.52. The van der Waals surface area contributed by atoms with Gasteiger partial charge in [0, 0.05) is 44.3 Å². The molecule has 3 rings (SSSR count). The Bertz CT molecular complexity index is 743. The van der Waals surface area contributed by atoms with Crippen LogP contribution in [0.3, 0.4) is 0 Å². The van der Waals surface area contributed by atoms with Gasteiger partial charge in [0.25, 0.3) is 0 Å². The molecular weight excluding hydrogens is 340 g/mol. The van der Waals surface area contributed by atoms with Crippen LogP contribution < -0.4 is 4.90 Å². The minimum absolute atomic E-state index is 0.00970. The number of hydrogen-bond donors (Lipinski definition) is 0. The van der Waals surface area contributed by atoms with Crippen molar-refractivity contribution < 1.29 is 9.59 Å². The number of carbonyl (C=O) groups excluding carboxylic acids is 2. The maximum atomic E-state index is 12.9. The van der Waals surface area contributed by atoms with Gasteiger partial charge in [-0.25, -0.2) is 0 Å². The maximum Gasteiger partial charge on any atom is 0.241 e. The van der Waals surface area contributed by atoms with E-state index in [0.29, 0.717) is 32.6 Å². The van der Waals surface area contributed by atoms with Crippen molar-refractivity contribution in [2.45, 2.75) is 33.1 Å². The summed E-state index contributed by atoms with van der Waals surface area (Å²) in [7, 11) is 0. The van der Waals surface area contributed by atoms with Gasteiger partial charge in [-0.3, -0.25) is 14.5 Å². The molecule has 27 heavy (non-hydrogen) atoms. The molecule has 2 amide bonds. The molecule has 2 aliphatic rings.